The fraction of sp³-hybridized carbons (Fsp3) is 0.188. The first kappa shape index (κ1) is 13.5. The molecule has 0 aliphatic heterocycles. The average Bonchev–Trinajstić information content (AvgIpc) is 2.47. The van der Waals surface area contributed by atoms with Gasteiger partial charge in [-0.25, -0.2) is 4.89 Å². The third-order valence-electron chi connectivity index (χ3n) is 3.11. The van der Waals surface area contributed by atoms with E-state index in [-0.39, 0.29) is 5.78 Å². The van der Waals surface area contributed by atoms with E-state index < -0.39 is 5.60 Å². The van der Waals surface area contributed by atoms with Crippen molar-refractivity contribution in [2.24, 2.45) is 0 Å². The Kier molecular flexibility index (Phi) is 3.79. The van der Waals surface area contributed by atoms with Gasteiger partial charge < -0.3 is 0 Å². The van der Waals surface area contributed by atoms with Gasteiger partial charge in [0.15, 0.2) is 5.78 Å². The molecule has 0 aromatic heterocycles. The van der Waals surface area contributed by atoms with E-state index in [0.717, 1.165) is 5.56 Å². The summed E-state index contributed by atoms with van der Waals surface area (Å²) < 4.78 is 0. The molecule has 2 aromatic carbocycles. The van der Waals surface area contributed by atoms with Crippen molar-refractivity contribution in [3.05, 3.63) is 71.3 Å². The molecule has 0 fully saturated rings. The lowest BCUT2D eigenvalue weighted by Gasteiger charge is -2.20. The summed E-state index contributed by atoms with van der Waals surface area (Å²) in [6, 6.07) is 16.2. The average molecular weight is 256 g/mol. The highest BCUT2D eigenvalue weighted by molar-refractivity contribution is 6.08. The van der Waals surface area contributed by atoms with E-state index in [4.69, 9.17) is 5.26 Å². The van der Waals surface area contributed by atoms with Gasteiger partial charge in [0.1, 0.15) is 5.60 Å². The molecular weight excluding hydrogens is 240 g/mol. The number of benzene rings is 2. The zero-order valence-corrected chi connectivity index (χ0v) is 11.0. The van der Waals surface area contributed by atoms with Crippen LogP contribution >= 0.6 is 0 Å². The van der Waals surface area contributed by atoms with Crippen LogP contribution in [0.2, 0.25) is 0 Å². The molecule has 0 saturated carbocycles. The Hall–Kier alpha value is -1.97. The lowest BCUT2D eigenvalue weighted by atomic mass is 9.95. The van der Waals surface area contributed by atoms with Gasteiger partial charge in [-0.05, 0) is 19.4 Å². The Morgan fingerprint density at radius 3 is 2.00 bits per heavy atom. The first-order valence-corrected chi connectivity index (χ1v) is 6.07. The summed E-state index contributed by atoms with van der Waals surface area (Å²) in [6.45, 7) is 3.50. The van der Waals surface area contributed by atoms with Gasteiger partial charge >= 0.3 is 0 Å². The summed E-state index contributed by atoms with van der Waals surface area (Å²) >= 11 is 0. The maximum atomic E-state index is 12.2. The minimum Gasteiger partial charge on any atom is -0.289 e. The van der Waals surface area contributed by atoms with Crippen molar-refractivity contribution in [2.45, 2.75) is 19.4 Å². The lowest BCUT2D eigenvalue weighted by Crippen LogP contribution is -2.19. The molecule has 0 saturated heterocycles. The molecule has 2 aromatic rings. The van der Waals surface area contributed by atoms with Crippen molar-refractivity contribution in [1.82, 2.24) is 0 Å². The van der Waals surface area contributed by atoms with E-state index in [0.29, 0.717) is 11.1 Å². The second kappa shape index (κ2) is 5.34. The van der Waals surface area contributed by atoms with Gasteiger partial charge in [-0.15, -0.1) is 0 Å². The van der Waals surface area contributed by atoms with Gasteiger partial charge in [0, 0.05) is 11.1 Å². The van der Waals surface area contributed by atoms with Crippen LogP contribution in [0.15, 0.2) is 54.6 Å². The largest absolute Gasteiger partial charge is 0.289 e. The SMILES string of the molecule is CC(C)(OO)c1ccc(C(=O)c2ccccc2)cc1. The van der Waals surface area contributed by atoms with Crippen LogP contribution in [0, 0.1) is 0 Å². The minimum atomic E-state index is -0.783. The Morgan fingerprint density at radius 1 is 0.947 bits per heavy atom. The van der Waals surface area contributed by atoms with Crippen LogP contribution in [0.1, 0.15) is 35.3 Å². The minimum absolute atomic E-state index is 0.0186. The van der Waals surface area contributed by atoms with Crippen LogP contribution in [0.4, 0.5) is 0 Å². The summed E-state index contributed by atoms with van der Waals surface area (Å²) in [5.41, 5.74) is 1.30. The van der Waals surface area contributed by atoms with E-state index in [1.165, 1.54) is 0 Å². The quantitative estimate of drug-likeness (QED) is 0.516. The van der Waals surface area contributed by atoms with Gasteiger partial charge in [0.05, 0.1) is 0 Å². The zero-order valence-electron chi connectivity index (χ0n) is 11.0. The van der Waals surface area contributed by atoms with E-state index in [9.17, 15) is 4.79 Å². The smallest absolute Gasteiger partial charge is 0.193 e. The molecule has 0 heterocycles. The maximum Gasteiger partial charge on any atom is 0.193 e. The van der Waals surface area contributed by atoms with Crippen molar-refractivity contribution in [1.29, 1.82) is 0 Å². The number of rotatable bonds is 4. The normalized spacial score (nSPS) is 11.3. The number of carbonyl (C=O) groups is 1. The molecule has 0 unspecified atom stereocenters. The molecule has 1 N–H and O–H groups in total. The van der Waals surface area contributed by atoms with Gasteiger partial charge in [0.25, 0.3) is 0 Å². The van der Waals surface area contributed by atoms with Crippen LogP contribution in [-0.2, 0) is 10.5 Å². The third-order valence-corrected chi connectivity index (χ3v) is 3.11. The number of hydrogen-bond acceptors (Lipinski definition) is 3. The molecule has 0 amide bonds. The predicted molar refractivity (Wildman–Crippen MR) is 73.1 cm³/mol. The standard InChI is InChI=1S/C16H16O3/c1-16(2,19-18)14-10-8-13(9-11-14)15(17)12-6-4-3-5-7-12/h3-11,18H,1-2H3. The van der Waals surface area contributed by atoms with E-state index in [2.05, 4.69) is 4.89 Å². The van der Waals surface area contributed by atoms with Crippen molar-refractivity contribution >= 4 is 5.78 Å². The van der Waals surface area contributed by atoms with Crippen LogP contribution in [-0.4, -0.2) is 11.0 Å². The summed E-state index contributed by atoms with van der Waals surface area (Å²) in [5, 5.41) is 8.84. The summed E-state index contributed by atoms with van der Waals surface area (Å²) in [7, 11) is 0. The molecule has 0 spiro atoms. The Bertz CT molecular complexity index is 556. The monoisotopic (exact) mass is 256 g/mol. The van der Waals surface area contributed by atoms with Crippen LogP contribution in [0.25, 0.3) is 0 Å². The number of ketones is 1. The van der Waals surface area contributed by atoms with Crippen LogP contribution in [0.5, 0.6) is 0 Å². The van der Waals surface area contributed by atoms with E-state index in [1.807, 2.05) is 18.2 Å². The van der Waals surface area contributed by atoms with Gasteiger partial charge in [0.2, 0.25) is 0 Å². The molecule has 98 valence electrons. The zero-order chi connectivity index (χ0) is 13.9. The highest BCUT2D eigenvalue weighted by atomic mass is 17.1. The highest BCUT2D eigenvalue weighted by Gasteiger charge is 2.21. The maximum absolute atomic E-state index is 12.2. The van der Waals surface area contributed by atoms with E-state index in [1.54, 1.807) is 50.2 Å². The first-order chi connectivity index (χ1) is 9.04. The number of carbonyl (C=O) groups excluding carboxylic acids is 1. The molecular formula is C16H16O3. The molecule has 19 heavy (non-hydrogen) atoms. The van der Waals surface area contributed by atoms with Crippen molar-refractivity contribution in [2.75, 3.05) is 0 Å². The molecule has 3 heteroatoms. The Labute approximate surface area is 112 Å². The molecule has 0 aliphatic rings. The van der Waals surface area contributed by atoms with Crippen LogP contribution < -0.4 is 0 Å². The fourth-order valence-electron chi connectivity index (χ4n) is 1.83. The van der Waals surface area contributed by atoms with Gasteiger partial charge in [-0.1, -0.05) is 54.6 Å². The molecule has 0 radical (unpaired) electrons. The predicted octanol–water partition coefficient (Wildman–Crippen LogP) is 3.64. The third kappa shape index (κ3) is 2.89. The van der Waals surface area contributed by atoms with Crippen molar-refractivity contribution < 1.29 is 14.9 Å². The summed E-state index contributed by atoms with van der Waals surface area (Å²) in [6.07, 6.45) is 0. The number of hydrogen-bond donors (Lipinski definition) is 1. The lowest BCUT2D eigenvalue weighted by molar-refractivity contribution is -0.318. The van der Waals surface area contributed by atoms with Crippen molar-refractivity contribution in [3.8, 4) is 0 Å². The first-order valence-electron chi connectivity index (χ1n) is 6.07. The molecule has 0 aliphatic carbocycles. The molecule has 0 atom stereocenters. The molecule has 3 nitrogen and oxygen atoms in total. The van der Waals surface area contributed by atoms with Crippen LogP contribution in [0.3, 0.4) is 0 Å². The van der Waals surface area contributed by atoms with Gasteiger partial charge in [-0.2, -0.15) is 0 Å². The summed E-state index contributed by atoms with van der Waals surface area (Å²) in [4.78, 5) is 16.6. The Balaban J connectivity index is 2.27. The van der Waals surface area contributed by atoms with E-state index >= 15 is 0 Å². The van der Waals surface area contributed by atoms with Gasteiger partial charge in [-0.3, -0.25) is 10.1 Å². The topological polar surface area (TPSA) is 46.5 Å². The fourth-order valence-corrected chi connectivity index (χ4v) is 1.83. The highest BCUT2D eigenvalue weighted by Crippen LogP contribution is 2.24. The molecule has 0 bridgehead atoms. The second-order valence-electron chi connectivity index (χ2n) is 4.87. The van der Waals surface area contributed by atoms with Crippen molar-refractivity contribution in [3.63, 3.8) is 0 Å². The summed E-state index contributed by atoms with van der Waals surface area (Å²) in [5.74, 6) is -0.0186. The second-order valence-corrected chi connectivity index (χ2v) is 4.87. The Morgan fingerprint density at radius 2 is 1.47 bits per heavy atom. The molecule has 2 rings (SSSR count).